The summed E-state index contributed by atoms with van der Waals surface area (Å²) in [4.78, 5) is 19.2. The molecule has 0 unspecified atom stereocenters. The topological polar surface area (TPSA) is 54.5 Å². The number of benzene rings is 2. The number of anilines is 1. The van der Waals surface area contributed by atoms with Crippen LogP contribution >= 0.6 is 0 Å². The quantitative estimate of drug-likeness (QED) is 0.561. The second kappa shape index (κ2) is 9.47. The van der Waals surface area contributed by atoms with Crippen LogP contribution in [0.15, 0.2) is 30.3 Å². The number of carbonyl (C=O) groups excluding carboxylic acids is 1. The second-order valence-corrected chi connectivity index (χ2v) is 9.75. The maximum Gasteiger partial charge on any atom is 0.231 e. The standard InChI is InChI=1S/C27H33N3O4/c31-26-6-4-21-16-23(17-22-7-9-30(26)27(21)22)32-14-2-1-8-28-10-12-29(13-11-28)18-20-3-5-24-25(15-20)34-19-33-24/h3,5,15-17H,1-2,4,6-14,18-19H2. The maximum absolute atomic E-state index is 12.1. The molecule has 4 aliphatic rings. The van der Waals surface area contributed by atoms with Gasteiger partial charge in [0.05, 0.1) is 12.3 Å². The third kappa shape index (κ3) is 4.46. The van der Waals surface area contributed by atoms with Crippen molar-refractivity contribution >= 4 is 11.6 Å². The van der Waals surface area contributed by atoms with Gasteiger partial charge < -0.3 is 24.0 Å². The number of unbranched alkanes of at least 4 members (excludes halogenated alkanes) is 1. The third-order valence-electron chi connectivity index (χ3n) is 7.47. The SMILES string of the molecule is O=C1CCc2cc(OCCCCN3CCN(Cc4ccc5c(c4)OCO5)CC3)cc3c2N1CC3. The molecule has 0 atom stereocenters. The molecule has 0 aromatic heterocycles. The van der Waals surface area contributed by atoms with Crippen molar-refractivity contribution in [1.82, 2.24) is 9.80 Å². The van der Waals surface area contributed by atoms with Gasteiger partial charge in [-0.25, -0.2) is 0 Å². The molecule has 4 aliphatic heterocycles. The predicted octanol–water partition coefficient (Wildman–Crippen LogP) is 3.23. The van der Waals surface area contributed by atoms with E-state index in [0.717, 1.165) is 95.4 Å². The first kappa shape index (κ1) is 21.7. The molecule has 6 rings (SSSR count). The van der Waals surface area contributed by atoms with Gasteiger partial charge in [0.25, 0.3) is 0 Å². The molecular formula is C27H33N3O4. The minimum Gasteiger partial charge on any atom is -0.494 e. The lowest BCUT2D eigenvalue weighted by molar-refractivity contribution is -0.118. The minimum absolute atomic E-state index is 0.272. The molecule has 0 radical (unpaired) electrons. The Balaban J connectivity index is 0.906. The van der Waals surface area contributed by atoms with Crippen LogP contribution in [0.4, 0.5) is 5.69 Å². The van der Waals surface area contributed by atoms with Crippen LogP contribution in [-0.2, 0) is 24.2 Å². The first-order valence-corrected chi connectivity index (χ1v) is 12.7. The van der Waals surface area contributed by atoms with Gasteiger partial charge in [0, 0.05) is 45.7 Å². The van der Waals surface area contributed by atoms with Crippen molar-refractivity contribution in [1.29, 1.82) is 0 Å². The number of carbonyl (C=O) groups is 1. The van der Waals surface area contributed by atoms with Crippen molar-refractivity contribution in [3.05, 3.63) is 47.0 Å². The molecule has 4 heterocycles. The Labute approximate surface area is 201 Å². The number of ether oxygens (including phenoxy) is 3. The number of rotatable bonds is 8. The van der Waals surface area contributed by atoms with Crippen LogP contribution in [0.1, 0.15) is 36.0 Å². The lowest BCUT2D eigenvalue weighted by Gasteiger charge is -2.34. The summed E-state index contributed by atoms with van der Waals surface area (Å²) in [7, 11) is 0. The second-order valence-electron chi connectivity index (χ2n) is 9.75. The Hall–Kier alpha value is -2.77. The highest BCUT2D eigenvalue weighted by molar-refractivity contribution is 5.98. The van der Waals surface area contributed by atoms with Gasteiger partial charge in [-0.05, 0) is 73.2 Å². The van der Waals surface area contributed by atoms with Crippen LogP contribution in [0, 0.1) is 0 Å². The first-order valence-electron chi connectivity index (χ1n) is 12.7. The molecule has 1 fully saturated rings. The predicted molar refractivity (Wildman–Crippen MR) is 130 cm³/mol. The van der Waals surface area contributed by atoms with Crippen molar-refractivity contribution in [2.75, 3.05) is 57.6 Å². The molecule has 1 amide bonds. The number of hydrogen-bond donors (Lipinski definition) is 0. The Morgan fingerprint density at radius 3 is 2.50 bits per heavy atom. The zero-order valence-electron chi connectivity index (χ0n) is 19.8. The molecule has 0 N–H and O–H groups in total. The van der Waals surface area contributed by atoms with Gasteiger partial charge in [0.2, 0.25) is 12.7 Å². The zero-order chi connectivity index (χ0) is 22.9. The van der Waals surface area contributed by atoms with Crippen molar-refractivity contribution in [3.8, 4) is 17.2 Å². The summed E-state index contributed by atoms with van der Waals surface area (Å²) in [6, 6.07) is 10.6. The maximum atomic E-state index is 12.1. The van der Waals surface area contributed by atoms with E-state index in [2.05, 4.69) is 34.1 Å². The van der Waals surface area contributed by atoms with Crippen LogP contribution in [0.25, 0.3) is 0 Å². The van der Waals surface area contributed by atoms with Crippen molar-refractivity contribution in [3.63, 3.8) is 0 Å². The largest absolute Gasteiger partial charge is 0.494 e. The van der Waals surface area contributed by atoms with Crippen LogP contribution in [0.5, 0.6) is 17.2 Å². The smallest absolute Gasteiger partial charge is 0.231 e. The number of hydrogen-bond acceptors (Lipinski definition) is 6. The fourth-order valence-corrected chi connectivity index (χ4v) is 5.61. The van der Waals surface area contributed by atoms with E-state index in [1.54, 1.807) is 0 Å². The molecule has 1 saturated heterocycles. The summed E-state index contributed by atoms with van der Waals surface area (Å²) in [6.45, 7) is 8.45. The van der Waals surface area contributed by atoms with Gasteiger partial charge in [-0.15, -0.1) is 0 Å². The molecule has 2 aromatic rings. The van der Waals surface area contributed by atoms with Crippen LogP contribution < -0.4 is 19.1 Å². The zero-order valence-corrected chi connectivity index (χ0v) is 19.8. The Morgan fingerprint density at radius 2 is 1.62 bits per heavy atom. The highest BCUT2D eigenvalue weighted by Gasteiger charge is 2.31. The number of fused-ring (bicyclic) bond motifs is 1. The van der Waals surface area contributed by atoms with E-state index in [-0.39, 0.29) is 5.91 Å². The molecule has 0 saturated carbocycles. The number of nitrogens with zero attached hydrogens (tertiary/aromatic N) is 3. The van der Waals surface area contributed by atoms with Gasteiger partial charge >= 0.3 is 0 Å². The molecule has 7 heteroatoms. The minimum atomic E-state index is 0.272. The summed E-state index contributed by atoms with van der Waals surface area (Å²) in [5.74, 6) is 2.97. The highest BCUT2D eigenvalue weighted by atomic mass is 16.7. The lowest BCUT2D eigenvalue weighted by Crippen LogP contribution is -2.46. The molecular weight excluding hydrogens is 430 g/mol. The van der Waals surface area contributed by atoms with E-state index in [1.807, 2.05) is 11.0 Å². The summed E-state index contributed by atoms with van der Waals surface area (Å²) in [5, 5.41) is 0. The van der Waals surface area contributed by atoms with E-state index >= 15 is 0 Å². The van der Waals surface area contributed by atoms with Crippen molar-refractivity contribution in [2.45, 2.75) is 38.6 Å². The number of piperazine rings is 1. The molecule has 180 valence electrons. The average molecular weight is 464 g/mol. The summed E-state index contributed by atoms with van der Waals surface area (Å²) >= 11 is 0. The summed E-state index contributed by atoms with van der Waals surface area (Å²) in [5.41, 5.74) is 5.01. The average Bonchev–Trinajstić information content (AvgIpc) is 3.50. The van der Waals surface area contributed by atoms with E-state index in [4.69, 9.17) is 14.2 Å². The van der Waals surface area contributed by atoms with Crippen molar-refractivity contribution < 1.29 is 19.0 Å². The Bertz CT molecular complexity index is 1060. The molecule has 34 heavy (non-hydrogen) atoms. The van der Waals surface area contributed by atoms with Crippen LogP contribution in [0.2, 0.25) is 0 Å². The number of amides is 1. The Morgan fingerprint density at radius 1 is 0.824 bits per heavy atom. The summed E-state index contributed by atoms with van der Waals surface area (Å²) < 4.78 is 17.0. The van der Waals surface area contributed by atoms with E-state index in [1.165, 1.54) is 22.4 Å². The van der Waals surface area contributed by atoms with Gasteiger partial charge in [0.15, 0.2) is 11.5 Å². The van der Waals surface area contributed by atoms with Gasteiger partial charge in [-0.2, -0.15) is 0 Å². The highest BCUT2D eigenvalue weighted by Crippen LogP contribution is 2.39. The fraction of sp³-hybridized carbons (Fsp3) is 0.519. The van der Waals surface area contributed by atoms with Gasteiger partial charge in [-0.3, -0.25) is 9.69 Å². The van der Waals surface area contributed by atoms with E-state index in [0.29, 0.717) is 13.2 Å². The van der Waals surface area contributed by atoms with E-state index in [9.17, 15) is 4.79 Å². The summed E-state index contributed by atoms with van der Waals surface area (Å²) in [6.07, 6.45) is 4.64. The molecule has 0 aliphatic carbocycles. The number of aryl methyl sites for hydroxylation is 1. The molecule has 0 bridgehead atoms. The van der Waals surface area contributed by atoms with Crippen LogP contribution in [-0.4, -0.2) is 68.4 Å². The molecule has 7 nitrogen and oxygen atoms in total. The van der Waals surface area contributed by atoms with Crippen LogP contribution in [0.3, 0.4) is 0 Å². The first-order chi connectivity index (χ1) is 16.7. The third-order valence-corrected chi connectivity index (χ3v) is 7.47. The Kier molecular flexibility index (Phi) is 6.05. The van der Waals surface area contributed by atoms with Crippen molar-refractivity contribution in [2.24, 2.45) is 0 Å². The van der Waals surface area contributed by atoms with Gasteiger partial charge in [-0.1, -0.05) is 6.07 Å². The molecule has 0 spiro atoms. The monoisotopic (exact) mass is 463 g/mol. The van der Waals surface area contributed by atoms with E-state index < -0.39 is 0 Å². The normalized spacial score (nSPS) is 19.5. The van der Waals surface area contributed by atoms with Gasteiger partial charge in [0.1, 0.15) is 5.75 Å². The lowest BCUT2D eigenvalue weighted by atomic mass is 9.99. The fourth-order valence-electron chi connectivity index (χ4n) is 5.61. The molecule has 2 aromatic carbocycles.